The van der Waals surface area contributed by atoms with Crippen LogP contribution in [0.1, 0.15) is 25.8 Å². The third kappa shape index (κ3) is 3.14. The molecule has 0 bridgehead atoms. The normalized spacial score (nSPS) is 20.2. The van der Waals surface area contributed by atoms with Gasteiger partial charge in [0.05, 0.1) is 12.2 Å². The van der Waals surface area contributed by atoms with Gasteiger partial charge in [-0.1, -0.05) is 19.1 Å². The van der Waals surface area contributed by atoms with Crippen LogP contribution in [0.5, 0.6) is 5.75 Å². The molecule has 1 atom stereocenters. The second-order valence-electron chi connectivity index (χ2n) is 5.08. The molecule has 1 aromatic rings. The molecule has 4 N–H and O–H groups in total. The van der Waals surface area contributed by atoms with E-state index < -0.39 is 11.6 Å². The van der Waals surface area contributed by atoms with Crippen molar-refractivity contribution in [1.29, 1.82) is 0 Å². The van der Waals surface area contributed by atoms with Crippen molar-refractivity contribution in [3.63, 3.8) is 0 Å². The summed E-state index contributed by atoms with van der Waals surface area (Å²) in [5.41, 5.74) is 6.19. The summed E-state index contributed by atoms with van der Waals surface area (Å²) >= 11 is 0. The highest BCUT2D eigenvalue weighted by Gasteiger charge is 2.38. The summed E-state index contributed by atoms with van der Waals surface area (Å²) in [5.74, 6) is 0.349. The molecule has 1 aromatic carbocycles. The van der Waals surface area contributed by atoms with Crippen LogP contribution in [0.3, 0.4) is 0 Å². The number of hydrogen-bond donors (Lipinski definition) is 3. The zero-order valence-corrected chi connectivity index (χ0v) is 13.1. The van der Waals surface area contributed by atoms with Gasteiger partial charge in [-0.05, 0) is 55.9 Å². The summed E-state index contributed by atoms with van der Waals surface area (Å²) in [6, 6.07) is 7.67. The van der Waals surface area contributed by atoms with Crippen LogP contribution in [0.2, 0.25) is 0 Å². The van der Waals surface area contributed by atoms with Gasteiger partial charge in [0.1, 0.15) is 11.4 Å². The number of nitrogens with one attached hydrogen (secondary N) is 2. The average Bonchev–Trinajstić information content (AvgIpc) is 2.54. The molecule has 1 unspecified atom stereocenters. The molecule has 0 radical (unpaired) electrons. The first kappa shape index (κ1) is 16.1. The van der Waals surface area contributed by atoms with Gasteiger partial charge in [-0.2, -0.15) is 0 Å². The van der Waals surface area contributed by atoms with Gasteiger partial charge in [0, 0.05) is 0 Å². The SMILES string of the molecule is CCCNC1(c2ccc(OCC)cc2)NC=CC=C1C(N)=O. The standard InChI is InChI=1S/C17H23N3O2/c1-3-11-19-17(15(16(18)21)6-5-12-20-17)13-7-9-14(10-8-13)22-4-2/h5-10,12,19-20H,3-4,11H2,1-2H3,(H2,18,21). The fourth-order valence-corrected chi connectivity index (χ4v) is 2.55. The summed E-state index contributed by atoms with van der Waals surface area (Å²) in [7, 11) is 0. The van der Waals surface area contributed by atoms with Crippen molar-refractivity contribution in [2.45, 2.75) is 25.9 Å². The number of rotatable bonds is 7. The second kappa shape index (κ2) is 7.13. The average molecular weight is 301 g/mol. The Morgan fingerprint density at radius 1 is 1.32 bits per heavy atom. The van der Waals surface area contributed by atoms with Gasteiger partial charge in [-0.25, -0.2) is 0 Å². The predicted molar refractivity (Wildman–Crippen MR) is 87.1 cm³/mol. The molecule has 0 saturated carbocycles. The molecule has 0 fully saturated rings. The molecule has 1 amide bonds. The van der Waals surface area contributed by atoms with Crippen LogP contribution >= 0.6 is 0 Å². The van der Waals surface area contributed by atoms with E-state index in [0.717, 1.165) is 24.3 Å². The van der Waals surface area contributed by atoms with Crippen LogP contribution in [0.25, 0.3) is 0 Å². The minimum absolute atomic E-state index is 0.450. The maximum Gasteiger partial charge on any atom is 0.248 e. The van der Waals surface area contributed by atoms with E-state index in [0.29, 0.717) is 12.2 Å². The molecule has 0 aromatic heterocycles. The van der Waals surface area contributed by atoms with Crippen LogP contribution in [0.15, 0.2) is 48.2 Å². The van der Waals surface area contributed by atoms with Crippen molar-refractivity contribution in [2.75, 3.05) is 13.2 Å². The lowest BCUT2D eigenvalue weighted by Gasteiger charge is -2.38. The largest absolute Gasteiger partial charge is 0.494 e. The van der Waals surface area contributed by atoms with Crippen molar-refractivity contribution in [2.24, 2.45) is 5.73 Å². The lowest BCUT2D eigenvalue weighted by atomic mass is 9.88. The molecule has 1 aliphatic heterocycles. The van der Waals surface area contributed by atoms with Crippen molar-refractivity contribution in [3.8, 4) is 5.75 Å². The maximum absolute atomic E-state index is 11.9. The number of ether oxygens (including phenoxy) is 1. The fraction of sp³-hybridized carbons (Fsp3) is 0.353. The van der Waals surface area contributed by atoms with Crippen LogP contribution < -0.4 is 21.1 Å². The Morgan fingerprint density at radius 2 is 2.05 bits per heavy atom. The van der Waals surface area contributed by atoms with Gasteiger partial charge in [0.15, 0.2) is 0 Å². The quantitative estimate of drug-likeness (QED) is 0.717. The van der Waals surface area contributed by atoms with Crippen LogP contribution in [-0.4, -0.2) is 19.1 Å². The summed E-state index contributed by atoms with van der Waals surface area (Å²) in [6.45, 7) is 5.38. The van der Waals surface area contributed by atoms with Crippen molar-refractivity contribution in [1.82, 2.24) is 10.6 Å². The van der Waals surface area contributed by atoms with Crippen LogP contribution in [-0.2, 0) is 10.5 Å². The molecule has 2 rings (SSSR count). The van der Waals surface area contributed by atoms with Gasteiger partial charge in [0.25, 0.3) is 0 Å². The minimum Gasteiger partial charge on any atom is -0.494 e. The number of carbonyl (C=O) groups is 1. The third-order valence-electron chi connectivity index (χ3n) is 3.57. The van der Waals surface area contributed by atoms with E-state index in [1.54, 1.807) is 12.2 Å². The van der Waals surface area contributed by atoms with Gasteiger partial charge in [-0.3, -0.25) is 10.1 Å². The number of carbonyl (C=O) groups excluding carboxylic acids is 1. The Kier molecular flexibility index (Phi) is 5.22. The van der Waals surface area contributed by atoms with Crippen molar-refractivity contribution in [3.05, 3.63) is 53.8 Å². The molecule has 118 valence electrons. The Morgan fingerprint density at radius 3 is 2.64 bits per heavy atom. The van der Waals surface area contributed by atoms with Gasteiger partial charge >= 0.3 is 0 Å². The fourth-order valence-electron chi connectivity index (χ4n) is 2.55. The summed E-state index contributed by atoms with van der Waals surface area (Å²) in [5, 5.41) is 6.68. The number of dihydropyridines is 1. The number of hydrogen-bond acceptors (Lipinski definition) is 4. The third-order valence-corrected chi connectivity index (χ3v) is 3.57. The molecule has 22 heavy (non-hydrogen) atoms. The van der Waals surface area contributed by atoms with Crippen molar-refractivity contribution < 1.29 is 9.53 Å². The molecular weight excluding hydrogens is 278 g/mol. The number of allylic oxidation sites excluding steroid dienone is 2. The lowest BCUT2D eigenvalue weighted by molar-refractivity contribution is -0.115. The van der Waals surface area contributed by atoms with E-state index in [4.69, 9.17) is 10.5 Å². The van der Waals surface area contributed by atoms with E-state index in [1.807, 2.05) is 37.4 Å². The highest BCUT2D eigenvalue weighted by Crippen LogP contribution is 2.30. The van der Waals surface area contributed by atoms with Crippen LogP contribution in [0, 0.1) is 0 Å². The number of primary amides is 1. The minimum atomic E-state index is -0.804. The molecule has 5 heteroatoms. The Labute approximate surface area is 131 Å². The summed E-state index contributed by atoms with van der Waals surface area (Å²) < 4.78 is 5.48. The first-order chi connectivity index (χ1) is 10.6. The van der Waals surface area contributed by atoms with E-state index in [1.165, 1.54) is 0 Å². The lowest BCUT2D eigenvalue weighted by Crippen LogP contribution is -2.57. The molecule has 0 saturated heterocycles. The van der Waals surface area contributed by atoms with Gasteiger partial charge in [-0.15, -0.1) is 0 Å². The van der Waals surface area contributed by atoms with E-state index in [9.17, 15) is 4.79 Å². The Bertz CT molecular complexity index is 578. The smallest absolute Gasteiger partial charge is 0.248 e. The monoisotopic (exact) mass is 301 g/mol. The molecule has 1 aliphatic rings. The van der Waals surface area contributed by atoms with Crippen molar-refractivity contribution >= 4 is 5.91 Å². The number of amides is 1. The molecule has 0 aliphatic carbocycles. The van der Waals surface area contributed by atoms with Gasteiger partial charge in [0.2, 0.25) is 5.91 Å². The summed E-state index contributed by atoms with van der Waals surface area (Å²) in [6.07, 6.45) is 6.28. The van der Waals surface area contributed by atoms with Crippen LogP contribution in [0.4, 0.5) is 0 Å². The molecular formula is C17H23N3O2. The topological polar surface area (TPSA) is 76.4 Å². The number of nitrogens with two attached hydrogens (primary N) is 1. The molecule has 5 nitrogen and oxygen atoms in total. The molecule has 0 spiro atoms. The highest BCUT2D eigenvalue weighted by atomic mass is 16.5. The first-order valence-corrected chi connectivity index (χ1v) is 7.57. The zero-order valence-electron chi connectivity index (χ0n) is 13.1. The van der Waals surface area contributed by atoms with E-state index >= 15 is 0 Å². The number of benzene rings is 1. The maximum atomic E-state index is 11.9. The van der Waals surface area contributed by atoms with E-state index in [2.05, 4.69) is 17.6 Å². The zero-order chi connectivity index (χ0) is 16.0. The Hall–Kier alpha value is -2.27. The predicted octanol–water partition coefficient (Wildman–Crippen LogP) is 1.77. The Balaban J connectivity index is 2.42. The summed E-state index contributed by atoms with van der Waals surface area (Å²) in [4.78, 5) is 11.9. The highest BCUT2D eigenvalue weighted by molar-refractivity contribution is 5.95. The first-order valence-electron chi connectivity index (χ1n) is 7.57. The second-order valence-corrected chi connectivity index (χ2v) is 5.08. The van der Waals surface area contributed by atoms with E-state index in [-0.39, 0.29) is 0 Å². The van der Waals surface area contributed by atoms with Gasteiger partial charge < -0.3 is 15.8 Å². The molecule has 1 heterocycles.